The van der Waals surface area contributed by atoms with Crippen LogP contribution in [-0.4, -0.2) is 24.1 Å². The van der Waals surface area contributed by atoms with Crippen molar-refractivity contribution < 1.29 is 15.0 Å². The summed E-state index contributed by atoms with van der Waals surface area (Å²) in [5.74, 6) is 7.66. The van der Waals surface area contributed by atoms with Gasteiger partial charge in [-0.2, -0.15) is 0 Å². The number of nitrogens with two attached hydrogens (primary N) is 3. The molecule has 8 N–H and O–H groups in total. The Hall–Kier alpha value is -0.690. The van der Waals surface area contributed by atoms with Crippen molar-refractivity contribution in [3.63, 3.8) is 0 Å². The van der Waals surface area contributed by atoms with E-state index in [1.165, 1.54) is 0 Å². The van der Waals surface area contributed by atoms with Crippen LogP contribution in [-0.2, 0) is 9.53 Å². The molecule has 6 nitrogen and oxygen atoms in total. The van der Waals surface area contributed by atoms with E-state index < -0.39 is 6.04 Å². The topological polar surface area (TPSA) is 136 Å². The second kappa shape index (κ2) is 12.0. The first-order valence-electron chi connectivity index (χ1n) is 2.94. The molecule has 0 aliphatic rings. The minimum Gasteiger partial charge on any atom is -0.465 e. The molecule has 70 valence electrons. The lowest BCUT2D eigenvalue weighted by molar-refractivity contribution is -0.144. The second-order valence-corrected chi connectivity index (χ2v) is 1.54. The molecule has 0 rings (SSSR count). The average Bonchev–Trinajstić information content (AvgIpc) is 1.93. The molecule has 0 bridgehead atoms. The van der Waals surface area contributed by atoms with Gasteiger partial charge >= 0.3 is 5.97 Å². The number of hydrazine groups is 1. The zero-order chi connectivity index (χ0) is 8.57. The summed E-state index contributed by atoms with van der Waals surface area (Å²) in [6.07, 6.45) is 0. The van der Waals surface area contributed by atoms with Crippen molar-refractivity contribution >= 4 is 5.97 Å². The Morgan fingerprint density at radius 3 is 2.00 bits per heavy atom. The number of hydrogen-bond donors (Lipinski definition) is 3. The van der Waals surface area contributed by atoms with E-state index in [1.54, 1.807) is 13.8 Å². The molecule has 0 aliphatic carbocycles. The Morgan fingerprint density at radius 2 is 1.91 bits per heavy atom. The Labute approximate surface area is 66.0 Å². The maximum absolute atomic E-state index is 10.4. The molecule has 6 heteroatoms. The third kappa shape index (κ3) is 12.5. The SMILES string of the molecule is CCOC(=O)C(C)N.NN.O. The minimum absolute atomic E-state index is 0. The summed E-state index contributed by atoms with van der Waals surface area (Å²) in [6.45, 7) is 3.75. The van der Waals surface area contributed by atoms with Crippen molar-refractivity contribution in [2.24, 2.45) is 17.4 Å². The second-order valence-electron chi connectivity index (χ2n) is 1.54. The molecular formula is C5H17N3O3. The molecular weight excluding hydrogens is 150 g/mol. The van der Waals surface area contributed by atoms with Crippen LogP contribution in [0.4, 0.5) is 0 Å². The standard InChI is InChI=1S/C5H11NO2.H4N2.H2O/c1-3-8-5(7)4(2)6;1-2;/h4H,3,6H2,1-2H3;1-2H2;1H2. The van der Waals surface area contributed by atoms with Gasteiger partial charge in [-0.25, -0.2) is 0 Å². The van der Waals surface area contributed by atoms with Gasteiger partial charge in [0.2, 0.25) is 0 Å². The molecule has 0 heterocycles. The van der Waals surface area contributed by atoms with Crippen LogP contribution in [0.2, 0.25) is 0 Å². The Morgan fingerprint density at radius 1 is 1.55 bits per heavy atom. The van der Waals surface area contributed by atoms with E-state index >= 15 is 0 Å². The van der Waals surface area contributed by atoms with Crippen LogP contribution in [0.1, 0.15) is 13.8 Å². The third-order valence-electron chi connectivity index (χ3n) is 0.658. The van der Waals surface area contributed by atoms with E-state index in [0.717, 1.165) is 0 Å². The fourth-order valence-electron chi connectivity index (χ4n) is 0.274. The smallest absolute Gasteiger partial charge is 0.322 e. The summed E-state index contributed by atoms with van der Waals surface area (Å²) in [5, 5.41) is 0. The average molecular weight is 167 g/mol. The highest BCUT2D eigenvalue weighted by Gasteiger charge is 2.05. The van der Waals surface area contributed by atoms with Gasteiger partial charge in [0.25, 0.3) is 0 Å². The van der Waals surface area contributed by atoms with Gasteiger partial charge in [-0.05, 0) is 13.8 Å². The van der Waals surface area contributed by atoms with Crippen molar-refractivity contribution in [2.45, 2.75) is 19.9 Å². The quantitative estimate of drug-likeness (QED) is 0.245. The largest absolute Gasteiger partial charge is 0.465 e. The van der Waals surface area contributed by atoms with Crippen LogP contribution in [0.3, 0.4) is 0 Å². The van der Waals surface area contributed by atoms with E-state index in [0.29, 0.717) is 6.61 Å². The highest BCUT2D eigenvalue weighted by Crippen LogP contribution is 1.80. The molecule has 0 radical (unpaired) electrons. The zero-order valence-electron chi connectivity index (χ0n) is 6.83. The first-order valence-corrected chi connectivity index (χ1v) is 2.94. The van der Waals surface area contributed by atoms with E-state index in [9.17, 15) is 4.79 Å². The number of carbonyl (C=O) groups excluding carboxylic acids is 1. The van der Waals surface area contributed by atoms with Gasteiger partial charge in [-0.1, -0.05) is 0 Å². The van der Waals surface area contributed by atoms with Gasteiger partial charge in [0.15, 0.2) is 0 Å². The molecule has 11 heavy (non-hydrogen) atoms. The van der Waals surface area contributed by atoms with Crippen molar-refractivity contribution in [2.75, 3.05) is 6.61 Å². The molecule has 0 amide bonds. The fourth-order valence-corrected chi connectivity index (χ4v) is 0.274. The molecule has 0 aromatic carbocycles. The predicted octanol–water partition coefficient (Wildman–Crippen LogP) is -2.11. The maximum atomic E-state index is 10.4. The Balaban J connectivity index is -0.000000196. The van der Waals surface area contributed by atoms with Gasteiger partial charge in [0.05, 0.1) is 6.61 Å². The van der Waals surface area contributed by atoms with Crippen molar-refractivity contribution in [3.8, 4) is 0 Å². The summed E-state index contributed by atoms with van der Waals surface area (Å²) in [6, 6.07) is -0.491. The molecule has 0 fully saturated rings. The summed E-state index contributed by atoms with van der Waals surface area (Å²) in [5.41, 5.74) is 5.15. The van der Waals surface area contributed by atoms with E-state index in [-0.39, 0.29) is 11.4 Å². The third-order valence-corrected chi connectivity index (χ3v) is 0.658. The van der Waals surface area contributed by atoms with Crippen molar-refractivity contribution in [1.82, 2.24) is 0 Å². The molecule has 0 spiro atoms. The Bertz CT molecular complexity index is 87.0. The molecule has 0 aromatic heterocycles. The van der Waals surface area contributed by atoms with Gasteiger partial charge < -0.3 is 15.9 Å². The molecule has 0 saturated heterocycles. The molecule has 1 atom stereocenters. The summed E-state index contributed by atoms with van der Waals surface area (Å²) < 4.78 is 4.54. The number of hydrogen-bond acceptors (Lipinski definition) is 5. The number of rotatable bonds is 2. The minimum atomic E-state index is -0.491. The summed E-state index contributed by atoms with van der Waals surface area (Å²) >= 11 is 0. The van der Waals surface area contributed by atoms with Gasteiger partial charge in [0.1, 0.15) is 6.04 Å². The number of ether oxygens (including phenoxy) is 1. The molecule has 0 aromatic rings. The normalized spacial score (nSPS) is 9.91. The van der Waals surface area contributed by atoms with Crippen molar-refractivity contribution in [3.05, 3.63) is 0 Å². The molecule has 0 aliphatic heterocycles. The first-order chi connectivity index (χ1) is 4.68. The van der Waals surface area contributed by atoms with E-state index in [2.05, 4.69) is 16.4 Å². The lowest BCUT2D eigenvalue weighted by atomic mass is 10.4. The zero-order valence-corrected chi connectivity index (χ0v) is 6.83. The highest BCUT2D eigenvalue weighted by atomic mass is 16.5. The maximum Gasteiger partial charge on any atom is 0.322 e. The number of carbonyl (C=O) groups is 1. The molecule has 1 unspecified atom stereocenters. The predicted molar refractivity (Wildman–Crippen MR) is 42.3 cm³/mol. The number of esters is 1. The van der Waals surface area contributed by atoms with Gasteiger partial charge in [-0.15, -0.1) is 0 Å². The Kier molecular flexibility index (Phi) is 18.3. The fraction of sp³-hybridized carbons (Fsp3) is 0.800. The lowest BCUT2D eigenvalue weighted by Crippen LogP contribution is -2.28. The summed E-state index contributed by atoms with van der Waals surface area (Å²) in [4.78, 5) is 10.4. The lowest BCUT2D eigenvalue weighted by Gasteiger charge is -2.02. The van der Waals surface area contributed by atoms with Crippen LogP contribution >= 0.6 is 0 Å². The molecule has 0 saturated carbocycles. The van der Waals surface area contributed by atoms with E-state index in [1.807, 2.05) is 0 Å². The van der Waals surface area contributed by atoms with Crippen LogP contribution in [0, 0.1) is 0 Å². The van der Waals surface area contributed by atoms with E-state index in [4.69, 9.17) is 5.73 Å². The van der Waals surface area contributed by atoms with Crippen LogP contribution in [0.15, 0.2) is 0 Å². The van der Waals surface area contributed by atoms with Crippen LogP contribution < -0.4 is 17.4 Å². The monoisotopic (exact) mass is 167 g/mol. The summed E-state index contributed by atoms with van der Waals surface area (Å²) in [7, 11) is 0. The van der Waals surface area contributed by atoms with Crippen LogP contribution in [0.5, 0.6) is 0 Å². The van der Waals surface area contributed by atoms with Crippen molar-refractivity contribution in [1.29, 1.82) is 0 Å². The van der Waals surface area contributed by atoms with Gasteiger partial charge in [0, 0.05) is 0 Å². The highest BCUT2D eigenvalue weighted by molar-refractivity contribution is 5.74. The first kappa shape index (κ1) is 16.7. The van der Waals surface area contributed by atoms with Crippen LogP contribution in [0.25, 0.3) is 0 Å². The van der Waals surface area contributed by atoms with Gasteiger partial charge in [-0.3, -0.25) is 16.5 Å².